The molecule has 0 bridgehead atoms. The Hall–Kier alpha value is -1.68. The lowest BCUT2D eigenvalue weighted by Crippen LogP contribution is -2.33. The maximum absolute atomic E-state index is 12.4. The minimum atomic E-state index is 0.00866. The molecule has 1 heterocycles. The van der Waals surface area contributed by atoms with Gasteiger partial charge in [-0.15, -0.1) is 11.3 Å². The summed E-state index contributed by atoms with van der Waals surface area (Å²) in [5.74, 6) is 0.669. The second kappa shape index (κ2) is 4.90. The van der Waals surface area contributed by atoms with Crippen LogP contribution in [0.25, 0.3) is 0 Å². The predicted molar refractivity (Wildman–Crippen MR) is 73.0 cm³/mol. The fourth-order valence-corrected chi connectivity index (χ4v) is 2.45. The average molecular weight is 258 g/mol. The van der Waals surface area contributed by atoms with Crippen LogP contribution in [0.5, 0.6) is 0 Å². The van der Waals surface area contributed by atoms with Crippen LogP contribution in [0.4, 0.5) is 5.69 Å². The van der Waals surface area contributed by atoms with Gasteiger partial charge in [0, 0.05) is 17.6 Å². The van der Waals surface area contributed by atoms with Gasteiger partial charge in [-0.05, 0) is 30.9 Å². The van der Waals surface area contributed by atoms with E-state index in [-0.39, 0.29) is 5.91 Å². The van der Waals surface area contributed by atoms with Crippen LogP contribution in [0.2, 0.25) is 0 Å². The molecule has 0 radical (unpaired) electrons. The van der Waals surface area contributed by atoms with Gasteiger partial charge in [0.15, 0.2) is 0 Å². The predicted octanol–water partition coefficient (Wildman–Crippen LogP) is 3.20. The number of carbonyl (C=O) groups excluding carboxylic acids is 1. The third-order valence-corrected chi connectivity index (χ3v) is 3.69. The lowest BCUT2D eigenvalue weighted by molar-refractivity contribution is 0.0981. The summed E-state index contributed by atoms with van der Waals surface area (Å²) in [6.07, 6.45) is 2.46. The minimum Gasteiger partial charge on any atom is -0.307 e. The molecule has 1 fully saturated rings. The Bertz CT molecular complexity index is 520. The van der Waals surface area contributed by atoms with E-state index in [1.807, 2.05) is 40.6 Å². The van der Waals surface area contributed by atoms with Gasteiger partial charge in [0.1, 0.15) is 5.69 Å². The standard InChI is InChI=1S/C14H14N2OS/c17-14(13-9-18-10-15-13)16(8-11-6-7-11)12-4-2-1-3-5-12/h1-5,9-11H,6-8H2. The summed E-state index contributed by atoms with van der Waals surface area (Å²) in [5, 5.41) is 1.81. The molecule has 1 aromatic heterocycles. The Morgan fingerprint density at radius 2 is 2.11 bits per heavy atom. The smallest absolute Gasteiger partial charge is 0.277 e. The van der Waals surface area contributed by atoms with Crippen molar-refractivity contribution in [2.24, 2.45) is 5.92 Å². The van der Waals surface area contributed by atoms with E-state index in [2.05, 4.69) is 4.98 Å². The maximum Gasteiger partial charge on any atom is 0.277 e. The van der Waals surface area contributed by atoms with Crippen molar-refractivity contribution in [1.82, 2.24) is 4.98 Å². The molecule has 1 aliphatic rings. The summed E-state index contributed by atoms with van der Waals surface area (Å²) in [7, 11) is 0. The first-order valence-electron chi connectivity index (χ1n) is 6.09. The molecule has 4 heteroatoms. The molecule has 92 valence electrons. The van der Waals surface area contributed by atoms with E-state index >= 15 is 0 Å². The first-order valence-corrected chi connectivity index (χ1v) is 7.04. The molecular weight excluding hydrogens is 244 g/mol. The number of hydrogen-bond acceptors (Lipinski definition) is 3. The van der Waals surface area contributed by atoms with Crippen LogP contribution < -0.4 is 4.90 Å². The number of aromatic nitrogens is 1. The van der Waals surface area contributed by atoms with E-state index < -0.39 is 0 Å². The first-order chi connectivity index (χ1) is 8.84. The van der Waals surface area contributed by atoms with Crippen molar-refractivity contribution >= 4 is 22.9 Å². The van der Waals surface area contributed by atoms with Gasteiger partial charge < -0.3 is 4.90 Å². The molecule has 1 amide bonds. The number of amides is 1. The summed E-state index contributed by atoms with van der Waals surface area (Å²) >= 11 is 1.46. The highest BCUT2D eigenvalue weighted by atomic mass is 32.1. The zero-order valence-electron chi connectivity index (χ0n) is 9.95. The third kappa shape index (κ3) is 2.43. The fourth-order valence-electron chi connectivity index (χ4n) is 1.93. The minimum absolute atomic E-state index is 0.00866. The Balaban J connectivity index is 1.87. The van der Waals surface area contributed by atoms with Crippen molar-refractivity contribution in [3.63, 3.8) is 0 Å². The summed E-state index contributed by atoms with van der Waals surface area (Å²) in [4.78, 5) is 18.4. The van der Waals surface area contributed by atoms with Crippen LogP contribution in [0.15, 0.2) is 41.2 Å². The first kappa shape index (κ1) is 11.4. The molecule has 3 rings (SSSR count). The van der Waals surface area contributed by atoms with E-state index in [4.69, 9.17) is 0 Å². The van der Waals surface area contributed by atoms with E-state index in [0.29, 0.717) is 11.6 Å². The van der Waals surface area contributed by atoms with E-state index in [1.54, 1.807) is 5.51 Å². The van der Waals surface area contributed by atoms with Gasteiger partial charge in [-0.2, -0.15) is 0 Å². The lowest BCUT2D eigenvalue weighted by atomic mass is 10.2. The summed E-state index contributed by atoms with van der Waals surface area (Å²) < 4.78 is 0. The van der Waals surface area contributed by atoms with Crippen molar-refractivity contribution in [2.45, 2.75) is 12.8 Å². The Labute approximate surface area is 110 Å². The number of para-hydroxylation sites is 1. The largest absolute Gasteiger partial charge is 0.307 e. The summed E-state index contributed by atoms with van der Waals surface area (Å²) in [6.45, 7) is 0.806. The number of carbonyl (C=O) groups is 1. The number of rotatable bonds is 4. The quantitative estimate of drug-likeness (QED) is 0.843. The lowest BCUT2D eigenvalue weighted by Gasteiger charge is -2.21. The van der Waals surface area contributed by atoms with Crippen LogP contribution in [0.3, 0.4) is 0 Å². The monoisotopic (exact) mass is 258 g/mol. The van der Waals surface area contributed by atoms with Gasteiger partial charge >= 0.3 is 0 Å². The van der Waals surface area contributed by atoms with E-state index in [9.17, 15) is 4.79 Å². The number of anilines is 1. The topological polar surface area (TPSA) is 33.2 Å². The number of benzene rings is 1. The van der Waals surface area contributed by atoms with Crippen molar-refractivity contribution in [3.8, 4) is 0 Å². The van der Waals surface area contributed by atoms with Crippen LogP contribution in [-0.2, 0) is 0 Å². The molecule has 1 aromatic carbocycles. The van der Waals surface area contributed by atoms with Crippen molar-refractivity contribution in [2.75, 3.05) is 11.4 Å². The second-order valence-corrected chi connectivity index (χ2v) is 5.29. The molecule has 0 unspecified atom stereocenters. The Morgan fingerprint density at radius 3 is 2.72 bits per heavy atom. The highest BCUT2D eigenvalue weighted by molar-refractivity contribution is 7.07. The fraction of sp³-hybridized carbons (Fsp3) is 0.286. The molecule has 0 N–H and O–H groups in total. The van der Waals surface area contributed by atoms with Gasteiger partial charge in [0.05, 0.1) is 5.51 Å². The molecular formula is C14H14N2OS. The van der Waals surface area contributed by atoms with Crippen molar-refractivity contribution in [3.05, 3.63) is 46.9 Å². The van der Waals surface area contributed by atoms with Crippen LogP contribution in [0, 0.1) is 5.92 Å². The number of thiazole rings is 1. The van der Waals surface area contributed by atoms with Gasteiger partial charge in [-0.25, -0.2) is 4.98 Å². The maximum atomic E-state index is 12.4. The second-order valence-electron chi connectivity index (χ2n) is 4.57. The highest BCUT2D eigenvalue weighted by Gasteiger charge is 2.28. The molecule has 3 nitrogen and oxygen atoms in total. The molecule has 0 aliphatic heterocycles. The molecule has 0 spiro atoms. The summed E-state index contributed by atoms with van der Waals surface area (Å²) in [5.41, 5.74) is 3.21. The molecule has 1 saturated carbocycles. The zero-order valence-corrected chi connectivity index (χ0v) is 10.8. The van der Waals surface area contributed by atoms with Gasteiger partial charge in [0.2, 0.25) is 0 Å². The molecule has 18 heavy (non-hydrogen) atoms. The van der Waals surface area contributed by atoms with Gasteiger partial charge in [-0.1, -0.05) is 18.2 Å². The number of hydrogen-bond donors (Lipinski definition) is 0. The molecule has 1 aliphatic carbocycles. The Kier molecular flexibility index (Phi) is 3.11. The molecule has 0 saturated heterocycles. The number of nitrogens with zero attached hydrogens (tertiary/aromatic N) is 2. The highest BCUT2D eigenvalue weighted by Crippen LogP contribution is 2.32. The normalized spacial score (nSPS) is 14.4. The van der Waals surface area contributed by atoms with E-state index in [0.717, 1.165) is 12.2 Å². The summed E-state index contributed by atoms with van der Waals surface area (Å²) in [6, 6.07) is 9.85. The van der Waals surface area contributed by atoms with Crippen LogP contribution >= 0.6 is 11.3 Å². The van der Waals surface area contributed by atoms with Gasteiger partial charge in [-0.3, -0.25) is 4.79 Å². The van der Waals surface area contributed by atoms with Crippen molar-refractivity contribution in [1.29, 1.82) is 0 Å². The van der Waals surface area contributed by atoms with Crippen LogP contribution in [0.1, 0.15) is 23.3 Å². The SMILES string of the molecule is O=C(c1cscn1)N(CC1CC1)c1ccccc1. The van der Waals surface area contributed by atoms with Crippen molar-refractivity contribution < 1.29 is 4.79 Å². The van der Waals surface area contributed by atoms with Crippen LogP contribution in [-0.4, -0.2) is 17.4 Å². The molecule has 0 atom stereocenters. The Morgan fingerprint density at radius 1 is 1.33 bits per heavy atom. The third-order valence-electron chi connectivity index (χ3n) is 3.10. The zero-order chi connectivity index (χ0) is 12.4. The van der Waals surface area contributed by atoms with E-state index in [1.165, 1.54) is 24.2 Å². The van der Waals surface area contributed by atoms with Gasteiger partial charge in [0.25, 0.3) is 5.91 Å². The molecule has 2 aromatic rings. The average Bonchev–Trinajstić information content (AvgIpc) is 3.07.